The Bertz CT molecular complexity index is 1090. The van der Waals surface area contributed by atoms with Crippen molar-refractivity contribution in [3.8, 4) is 12.3 Å². The van der Waals surface area contributed by atoms with E-state index in [0.717, 1.165) is 15.1 Å². The van der Waals surface area contributed by atoms with Crippen LogP contribution in [0.4, 0.5) is 0 Å². The van der Waals surface area contributed by atoms with E-state index in [1.165, 1.54) is 23.5 Å². The predicted octanol–water partition coefficient (Wildman–Crippen LogP) is 3.35. The van der Waals surface area contributed by atoms with E-state index in [-0.39, 0.29) is 11.4 Å². The predicted molar refractivity (Wildman–Crippen MR) is 99.6 cm³/mol. The fourth-order valence-electron chi connectivity index (χ4n) is 2.24. The van der Waals surface area contributed by atoms with Crippen LogP contribution in [0.15, 0.2) is 62.7 Å². The van der Waals surface area contributed by atoms with Crippen LogP contribution >= 0.6 is 23.1 Å². The summed E-state index contributed by atoms with van der Waals surface area (Å²) in [4.78, 5) is 1.65. The van der Waals surface area contributed by atoms with Crippen molar-refractivity contribution in [1.29, 1.82) is 0 Å². The summed E-state index contributed by atoms with van der Waals surface area (Å²) >= 11 is 2.95. The lowest BCUT2D eigenvalue weighted by molar-refractivity contribution is 0.596. The van der Waals surface area contributed by atoms with Crippen LogP contribution in [0.3, 0.4) is 0 Å². The van der Waals surface area contributed by atoms with Crippen molar-refractivity contribution >= 4 is 43.3 Å². The Kier molecular flexibility index (Phi) is 4.81. The molecule has 0 radical (unpaired) electrons. The molecule has 0 aliphatic rings. The van der Waals surface area contributed by atoms with E-state index in [4.69, 9.17) is 6.42 Å². The normalized spacial score (nSPS) is 12.4. The molecule has 0 aliphatic heterocycles. The molecule has 2 aromatic carbocycles. The first-order chi connectivity index (χ1) is 11.5. The Labute approximate surface area is 148 Å². The highest BCUT2D eigenvalue weighted by atomic mass is 32.2. The zero-order valence-electron chi connectivity index (χ0n) is 12.8. The van der Waals surface area contributed by atoms with Gasteiger partial charge < -0.3 is 4.57 Å². The Morgan fingerprint density at radius 3 is 2.67 bits per heavy atom. The number of fused-ring (bicyclic) bond motifs is 1. The van der Waals surface area contributed by atoms with Crippen molar-refractivity contribution in [3.63, 3.8) is 0 Å². The van der Waals surface area contributed by atoms with E-state index in [9.17, 15) is 8.42 Å². The van der Waals surface area contributed by atoms with Crippen LogP contribution < -0.4 is 4.80 Å². The average Bonchev–Trinajstić information content (AvgIpc) is 2.92. The quantitative estimate of drug-likeness (QED) is 0.520. The number of hydrogen-bond donors (Lipinski definition) is 0. The molecule has 0 bridgehead atoms. The van der Waals surface area contributed by atoms with Gasteiger partial charge in [0.05, 0.1) is 21.7 Å². The summed E-state index contributed by atoms with van der Waals surface area (Å²) in [6.07, 6.45) is 7.44. The molecule has 0 N–H and O–H groups in total. The second-order valence-corrected chi connectivity index (χ2v) is 8.38. The number of sulfonamides is 1. The molecule has 0 saturated heterocycles. The smallest absolute Gasteiger partial charge is 0.285 e. The SMILES string of the molecule is C#CCn1/c(=N/S(=O)(=O)c2ccccc2)sc2cc(SC)ccc21. The van der Waals surface area contributed by atoms with Crippen LogP contribution in [0.25, 0.3) is 10.2 Å². The molecule has 1 aromatic heterocycles. The van der Waals surface area contributed by atoms with E-state index >= 15 is 0 Å². The van der Waals surface area contributed by atoms with Gasteiger partial charge in [0.2, 0.25) is 4.80 Å². The highest BCUT2D eigenvalue weighted by Crippen LogP contribution is 2.24. The molecule has 3 rings (SSSR count). The summed E-state index contributed by atoms with van der Waals surface area (Å²) in [5.74, 6) is 2.57. The third-order valence-electron chi connectivity index (χ3n) is 3.38. The molecule has 0 spiro atoms. The van der Waals surface area contributed by atoms with Crippen molar-refractivity contribution in [3.05, 3.63) is 53.3 Å². The van der Waals surface area contributed by atoms with Gasteiger partial charge in [0, 0.05) is 4.90 Å². The lowest BCUT2D eigenvalue weighted by Gasteiger charge is -2.01. The largest absolute Gasteiger partial charge is 0.304 e. The zero-order chi connectivity index (χ0) is 17.2. The summed E-state index contributed by atoms with van der Waals surface area (Å²) in [5.41, 5.74) is 0.887. The van der Waals surface area contributed by atoms with Gasteiger partial charge in [-0.1, -0.05) is 35.5 Å². The standard InChI is InChI=1S/C17H14N2O2S3/c1-3-11-19-15-10-9-13(22-2)12-16(15)23-17(19)18-24(20,21)14-7-5-4-6-8-14/h1,4-10,12H,11H2,2H3/b18-17-. The minimum absolute atomic E-state index is 0.166. The summed E-state index contributed by atoms with van der Waals surface area (Å²) in [6, 6.07) is 14.1. The van der Waals surface area contributed by atoms with Gasteiger partial charge in [-0.05, 0) is 36.6 Å². The van der Waals surface area contributed by atoms with Crippen molar-refractivity contribution in [2.45, 2.75) is 16.3 Å². The molecule has 0 unspecified atom stereocenters. The summed E-state index contributed by atoms with van der Waals surface area (Å²) in [6.45, 7) is 0.266. The number of hydrogen-bond acceptors (Lipinski definition) is 4. The number of benzene rings is 2. The van der Waals surface area contributed by atoms with E-state index in [2.05, 4.69) is 10.3 Å². The van der Waals surface area contributed by atoms with Gasteiger partial charge in [0.25, 0.3) is 10.0 Å². The maximum absolute atomic E-state index is 12.5. The van der Waals surface area contributed by atoms with Gasteiger partial charge in [-0.2, -0.15) is 8.42 Å². The zero-order valence-corrected chi connectivity index (χ0v) is 15.3. The van der Waals surface area contributed by atoms with Crippen LogP contribution in [0, 0.1) is 12.3 Å². The molecule has 0 amide bonds. The Morgan fingerprint density at radius 2 is 2.00 bits per heavy atom. The summed E-state index contributed by atoms with van der Waals surface area (Å²) in [5, 5.41) is 0. The lowest BCUT2D eigenvalue weighted by Crippen LogP contribution is -2.16. The van der Waals surface area contributed by atoms with Gasteiger partial charge in [0.15, 0.2) is 0 Å². The number of aromatic nitrogens is 1. The first kappa shape index (κ1) is 16.8. The highest BCUT2D eigenvalue weighted by Gasteiger charge is 2.14. The molecule has 1 heterocycles. The van der Waals surface area contributed by atoms with Crippen LogP contribution in [-0.4, -0.2) is 19.2 Å². The van der Waals surface area contributed by atoms with Gasteiger partial charge in [-0.3, -0.25) is 0 Å². The molecule has 0 aliphatic carbocycles. The Hall–Kier alpha value is -2.01. The molecule has 24 heavy (non-hydrogen) atoms. The molecular formula is C17H14N2O2S3. The maximum atomic E-state index is 12.5. The van der Waals surface area contributed by atoms with E-state index in [1.54, 1.807) is 34.5 Å². The monoisotopic (exact) mass is 374 g/mol. The molecule has 7 heteroatoms. The number of terminal acetylenes is 1. The number of thioether (sulfide) groups is 1. The van der Waals surface area contributed by atoms with Crippen molar-refractivity contribution in [2.75, 3.05) is 6.26 Å². The number of thiazole rings is 1. The maximum Gasteiger partial charge on any atom is 0.285 e. The van der Waals surface area contributed by atoms with E-state index in [0.29, 0.717) is 4.80 Å². The van der Waals surface area contributed by atoms with Gasteiger partial charge in [-0.15, -0.1) is 22.6 Å². The highest BCUT2D eigenvalue weighted by molar-refractivity contribution is 7.98. The number of nitrogens with zero attached hydrogens (tertiary/aromatic N) is 2. The second-order valence-electron chi connectivity index (χ2n) is 4.89. The van der Waals surface area contributed by atoms with Crippen molar-refractivity contribution < 1.29 is 8.42 Å². The van der Waals surface area contributed by atoms with E-state index in [1.807, 2.05) is 24.5 Å². The van der Waals surface area contributed by atoms with Crippen LogP contribution in [-0.2, 0) is 16.6 Å². The Morgan fingerprint density at radius 1 is 1.25 bits per heavy atom. The van der Waals surface area contributed by atoms with Crippen LogP contribution in [0.1, 0.15) is 0 Å². The third kappa shape index (κ3) is 3.26. The van der Waals surface area contributed by atoms with Crippen molar-refractivity contribution in [2.24, 2.45) is 4.40 Å². The summed E-state index contributed by atoms with van der Waals surface area (Å²) < 4.78 is 31.8. The minimum atomic E-state index is -3.78. The molecule has 3 aromatic rings. The fraction of sp³-hybridized carbons (Fsp3) is 0.118. The molecule has 4 nitrogen and oxygen atoms in total. The summed E-state index contributed by atoms with van der Waals surface area (Å²) in [7, 11) is -3.78. The van der Waals surface area contributed by atoms with Crippen molar-refractivity contribution in [1.82, 2.24) is 4.57 Å². The fourth-order valence-corrected chi connectivity index (χ4v) is 5.05. The van der Waals surface area contributed by atoms with Crippen LogP contribution in [0.2, 0.25) is 0 Å². The average molecular weight is 375 g/mol. The molecule has 0 atom stereocenters. The first-order valence-corrected chi connectivity index (χ1v) is 10.5. The Balaban J connectivity index is 2.25. The van der Waals surface area contributed by atoms with E-state index < -0.39 is 10.0 Å². The number of rotatable bonds is 4. The topological polar surface area (TPSA) is 51.4 Å². The lowest BCUT2D eigenvalue weighted by atomic mass is 10.3. The molecule has 122 valence electrons. The minimum Gasteiger partial charge on any atom is -0.304 e. The van der Waals surface area contributed by atoms with Gasteiger partial charge >= 0.3 is 0 Å². The molecule has 0 saturated carbocycles. The van der Waals surface area contributed by atoms with Gasteiger partial charge in [0.1, 0.15) is 0 Å². The second kappa shape index (κ2) is 6.85. The molecular weight excluding hydrogens is 360 g/mol. The third-order valence-corrected chi connectivity index (χ3v) is 6.54. The van der Waals surface area contributed by atoms with Gasteiger partial charge in [-0.25, -0.2) is 0 Å². The first-order valence-electron chi connectivity index (χ1n) is 7.02. The molecule has 0 fully saturated rings. The van der Waals surface area contributed by atoms with Crippen LogP contribution in [0.5, 0.6) is 0 Å².